The average molecular weight is 251 g/mol. The van der Waals surface area contributed by atoms with Crippen LogP contribution in [0.1, 0.15) is 19.8 Å². The van der Waals surface area contributed by atoms with Gasteiger partial charge in [0.2, 0.25) is 10.0 Å². The van der Waals surface area contributed by atoms with Crippen molar-refractivity contribution in [3.05, 3.63) is 30.3 Å². The van der Waals surface area contributed by atoms with Crippen molar-refractivity contribution in [1.82, 2.24) is 4.31 Å². The van der Waals surface area contributed by atoms with Crippen LogP contribution in [0.25, 0.3) is 0 Å². The van der Waals surface area contributed by atoms with Gasteiger partial charge in [-0.3, -0.25) is 0 Å². The molecule has 0 N–H and O–H groups in total. The van der Waals surface area contributed by atoms with Crippen LogP contribution in [0.4, 0.5) is 0 Å². The maximum atomic E-state index is 12.2. The number of nitrogens with zero attached hydrogens (tertiary/aromatic N) is 1. The van der Waals surface area contributed by atoms with Crippen LogP contribution >= 0.6 is 0 Å². The first kappa shape index (κ1) is 11.2. The Morgan fingerprint density at radius 3 is 2.29 bits per heavy atom. The van der Waals surface area contributed by atoms with Crippen molar-refractivity contribution in [1.29, 1.82) is 0 Å². The van der Waals surface area contributed by atoms with Crippen LogP contribution in [0.5, 0.6) is 0 Å². The summed E-state index contributed by atoms with van der Waals surface area (Å²) in [5, 5.41) is 0. The van der Waals surface area contributed by atoms with Crippen molar-refractivity contribution in [3.8, 4) is 0 Å². The third-order valence-electron chi connectivity index (χ3n) is 3.97. The van der Waals surface area contributed by atoms with Crippen molar-refractivity contribution in [2.45, 2.75) is 24.7 Å². The molecule has 0 radical (unpaired) electrons. The molecular weight excluding hydrogens is 234 g/mol. The minimum Gasteiger partial charge on any atom is -0.207 e. The lowest BCUT2D eigenvalue weighted by molar-refractivity contribution is -0.0459. The number of rotatable bonds is 2. The second-order valence-corrected chi connectivity index (χ2v) is 7.54. The standard InChI is InChI=1S/C13H17NO2S/c1-11-7-13(8-11)9-14(10-13)17(15,16)12-5-3-2-4-6-12/h2-6,11H,7-10H2,1H3. The van der Waals surface area contributed by atoms with E-state index in [0.29, 0.717) is 23.4 Å². The molecule has 2 aliphatic rings. The first-order valence-electron chi connectivity index (χ1n) is 6.07. The molecule has 1 spiro atoms. The molecule has 0 amide bonds. The van der Waals surface area contributed by atoms with Crippen molar-refractivity contribution >= 4 is 10.0 Å². The quantitative estimate of drug-likeness (QED) is 0.807. The molecule has 1 saturated carbocycles. The molecule has 0 atom stereocenters. The van der Waals surface area contributed by atoms with Gasteiger partial charge in [0.15, 0.2) is 0 Å². The molecule has 1 aliphatic heterocycles. The SMILES string of the molecule is CC1CC2(C1)CN(S(=O)(=O)c1ccccc1)C2. The van der Waals surface area contributed by atoms with Gasteiger partial charge in [0.05, 0.1) is 4.90 Å². The Bertz CT molecular complexity index is 510. The van der Waals surface area contributed by atoms with Gasteiger partial charge in [0, 0.05) is 13.1 Å². The number of hydrogen-bond acceptors (Lipinski definition) is 2. The van der Waals surface area contributed by atoms with Crippen LogP contribution in [0.3, 0.4) is 0 Å². The fourth-order valence-corrected chi connectivity index (χ4v) is 4.98. The second kappa shape index (κ2) is 3.56. The highest BCUT2D eigenvalue weighted by atomic mass is 32.2. The van der Waals surface area contributed by atoms with E-state index in [4.69, 9.17) is 0 Å². The largest absolute Gasteiger partial charge is 0.243 e. The molecular formula is C13H17NO2S. The van der Waals surface area contributed by atoms with Gasteiger partial charge < -0.3 is 0 Å². The first-order valence-corrected chi connectivity index (χ1v) is 7.51. The lowest BCUT2D eigenvalue weighted by Gasteiger charge is -2.57. The highest BCUT2D eigenvalue weighted by Gasteiger charge is 2.54. The van der Waals surface area contributed by atoms with Crippen LogP contribution in [0.2, 0.25) is 0 Å². The third kappa shape index (κ3) is 1.70. The predicted molar refractivity (Wildman–Crippen MR) is 66.0 cm³/mol. The van der Waals surface area contributed by atoms with Gasteiger partial charge in [-0.2, -0.15) is 4.31 Å². The van der Waals surface area contributed by atoms with E-state index >= 15 is 0 Å². The van der Waals surface area contributed by atoms with Gasteiger partial charge in [-0.05, 0) is 36.3 Å². The molecule has 0 bridgehead atoms. The van der Waals surface area contributed by atoms with Crippen molar-refractivity contribution in [2.75, 3.05) is 13.1 Å². The number of hydrogen-bond donors (Lipinski definition) is 0. The molecule has 92 valence electrons. The Hall–Kier alpha value is -0.870. The third-order valence-corrected chi connectivity index (χ3v) is 5.77. The summed E-state index contributed by atoms with van der Waals surface area (Å²) in [5.74, 6) is 0.775. The van der Waals surface area contributed by atoms with Crippen LogP contribution in [-0.2, 0) is 10.0 Å². The predicted octanol–water partition coefficient (Wildman–Crippen LogP) is 2.11. The lowest BCUT2D eigenvalue weighted by Crippen LogP contribution is -2.63. The van der Waals surface area contributed by atoms with Crippen LogP contribution in [0, 0.1) is 11.3 Å². The average Bonchev–Trinajstić information content (AvgIpc) is 2.22. The van der Waals surface area contributed by atoms with Gasteiger partial charge in [-0.1, -0.05) is 25.1 Å². The number of sulfonamides is 1. The minimum absolute atomic E-state index is 0.321. The minimum atomic E-state index is -3.23. The van der Waals surface area contributed by atoms with Crippen LogP contribution < -0.4 is 0 Å². The molecule has 0 aromatic heterocycles. The van der Waals surface area contributed by atoms with Gasteiger partial charge in [0.25, 0.3) is 0 Å². The summed E-state index contributed by atoms with van der Waals surface area (Å²) in [7, 11) is -3.23. The molecule has 1 aliphatic carbocycles. The molecule has 4 heteroatoms. The van der Waals surface area contributed by atoms with E-state index in [-0.39, 0.29) is 0 Å². The summed E-state index contributed by atoms with van der Waals surface area (Å²) in [6.45, 7) is 3.67. The summed E-state index contributed by atoms with van der Waals surface area (Å²) < 4.78 is 26.1. The Labute approximate surface area is 102 Å². The van der Waals surface area contributed by atoms with Crippen LogP contribution in [-0.4, -0.2) is 25.8 Å². The zero-order chi connectivity index (χ0) is 12.1. The molecule has 3 rings (SSSR count). The van der Waals surface area contributed by atoms with Crippen molar-refractivity contribution < 1.29 is 8.42 Å². The van der Waals surface area contributed by atoms with E-state index in [1.807, 2.05) is 6.07 Å². The van der Waals surface area contributed by atoms with Crippen molar-refractivity contribution in [2.24, 2.45) is 11.3 Å². The monoisotopic (exact) mass is 251 g/mol. The van der Waals surface area contributed by atoms with Gasteiger partial charge in [0.1, 0.15) is 0 Å². The summed E-state index contributed by atoms with van der Waals surface area (Å²) >= 11 is 0. The normalized spacial score (nSPS) is 24.3. The van der Waals surface area contributed by atoms with E-state index in [0.717, 1.165) is 5.92 Å². The smallest absolute Gasteiger partial charge is 0.207 e. The molecule has 1 saturated heterocycles. The van der Waals surface area contributed by atoms with Crippen molar-refractivity contribution in [3.63, 3.8) is 0 Å². The first-order chi connectivity index (χ1) is 8.02. The Morgan fingerprint density at radius 1 is 1.18 bits per heavy atom. The Balaban J connectivity index is 1.75. The Kier molecular flexibility index (Phi) is 2.35. The molecule has 1 heterocycles. The fraction of sp³-hybridized carbons (Fsp3) is 0.538. The van der Waals surface area contributed by atoms with E-state index < -0.39 is 10.0 Å². The van der Waals surface area contributed by atoms with Gasteiger partial charge in [-0.25, -0.2) is 8.42 Å². The molecule has 2 fully saturated rings. The van der Waals surface area contributed by atoms with Gasteiger partial charge >= 0.3 is 0 Å². The van der Waals surface area contributed by atoms with E-state index in [2.05, 4.69) is 6.92 Å². The molecule has 17 heavy (non-hydrogen) atoms. The number of benzene rings is 1. The summed E-state index contributed by atoms with van der Waals surface area (Å²) in [6.07, 6.45) is 2.38. The molecule has 1 aromatic carbocycles. The van der Waals surface area contributed by atoms with Crippen LogP contribution in [0.15, 0.2) is 35.2 Å². The summed E-state index contributed by atoms with van der Waals surface area (Å²) in [5.41, 5.74) is 0.321. The second-order valence-electron chi connectivity index (χ2n) is 5.60. The lowest BCUT2D eigenvalue weighted by atomic mass is 9.59. The zero-order valence-electron chi connectivity index (χ0n) is 9.96. The maximum Gasteiger partial charge on any atom is 0.243 e. The van der Waals surface area contributed by atoms with E-state index in [9.17, 15) is 8.42 Å². The summed E-state index contributed by atoms with van der Waals surface area (Å²) in [6, 6.07) is 8.72. The van der Waals surface area contributed by atoms with E-state index in [1.165, 1.54) is 12.8 Å². The molecule has 1 aromatic rings. The zero-order valence-corrected chi connectivity index (χ0v) is 10.8. The molecule has 3 nitrogen and oxygen atoms in total. The highest BCUT2D eigenvalue weighted by molar-refractivity contribution is 7.89. The maximum absolute atomic E-state index is 12.2. The van der Waals surface area contributed by atoms with E-state index in [1.54, 1.807) is 28.6 Å². The summed E-state index contributed by atoms with van der Waals surface area (Å²) in [4.78, 5) is 0.419. The highest BCUT2D eigenvalue weighted by Crippen LogP contribution is 2.52. The van der Waals surface area contributed by atoms with Gasteiger partial charge in [-0.15, -0.1) is 0 Å². The topological polar surface area (TPSA) is 37.4 Å². The molecule has 0 unspecified atom stereocenters. The fourth-order valence-electron chi connectivity index (χ4n) is 3.29. The Morgan fingerprint density at radius 2 is 1.76 bits per heavy atom.